The number of hydrogen-bond acceptors (Lipinski definition) is 4. The van der Waals surface area contributed by atoms with Crippen LogP contribution in [0.2, 0.25) is 0 Å². The Morgan fingerprint density at radius 2 is 1.74 bits per heavy atom. The van der Waals surface area contributed by atoms with Gasteiger partial charge in [-0.25, -0.2) is 4.79 Å². The smallest absolute Gasteiger partial charge is 0.407 e. The van der Waals surface area contributed by atoms with Gasteiger partial charge in [-0.2, -0.15) is 0 Å². The van der Waals surface area contributed by atoms with Gasteiger partial charge in [0, 0.05) is 38.3 Å². The van der Waals surface area contributed by atoms with Crippen molar-refractivity contribution in [1.29, 1.82) is 0 Å². The first-order valence-electron chi connectivity index (χ1n) is 7.71. The van der Waals surface area contributed by atoms with Gasteiger partial charge in [-0.15, -0.1) is 0 Å². The van der Waals surface area contributed by atoms with E-state index in [1.54, 1.807) is 0 Å². The number of benzene rings is 1. The van der Waals surface area contributed by atoms with Gasteiger partial charge in [-0.3, -0.25) is 14.9 Å². The lowest BCUT2D eigenvalue weighted by atomic mass is 9.90. The predicted octanol–water partition coefficient (Wildman–Crippen LogP) is 1.01. The molecule has 7 heteroatoms. The van der Waals surface area contributed by atoms with Crippen LogP contribution in [0.5, 0.6) is 0 Å². The zero-order valence-corrected chi connectivity index (χ0v) is 12.7. The average Bonchev–Trinajstić information content (AvgIpc) is 2.55. The minimum Gasteiger partial charge on any atom is -0.465 e. The Hall–Kier alpha value is -2.57. The zero-order chi connectivity index (χ0) is 16.4. The molecular formula is C16H19N3O4. The predicted molar refractivity (Wildman–Crippen MR) is 83.4 cm³/mol. The number of rotatable bonds is 2. The second-order valence-corrected chi connectivity index (χ2v) is 5.85. The number of carboxylic acid groups (broad SMARTS) is 1. The van der Waals surface area contributed by atoms with Crippen molar-refractivity contribution in [2.45, 2.75) is 18.8 Å². The van der Waals surface area contributed by atoms with Gasteiger partial charge in [0.25, 0.3) is 0 Å². The van der Waals surface area contributed by atoms with Gasteiger partial charge in [0.05, 0.1) is 5.92 Å². The fraction of sp³-hybridized carbons (Fsp3) is 0.438. The first kappa shape index (κ1) is 15.3. The Morgan fingerprint density at radius 3 is 2.30 bits per heavy atom. The summed E-state index contributed by atoms with van der Waals surface area (Å²) in [6, 6.07) is 7.74. The Balaban J connectivity index is 1.65. The standard InChI is InChI=1S/C16H19N3O4/c20-14-6-5-13(15(21)17-14)11-1-3-12(4-2-11)18-7-9-19(10-8-18)16(22)23/h1-4,13H,5-10H2,(H,22,23)(H,17,20,21). The molecule has 1 aromatic rings. The van der Waals surface area contributed by atoms with Crippen molar-refractivity contribution in [2.24, 2.45) is 0 Å². The van der Waals surface area contributed by atoms with Crippen molar-refractivity contribution in [2.75, 3.05) is 31.1 Å². The van der Waals surface area contributed by atoms with Crippen LogP contribution in [0.4, 0.5) is 10.5 Å². The molecule has 0 bridgehead atoms. The van der Waals surface area contributed by atoms with E-state index in [9.17, 15) is 14.4 Å². The highest BCUT2D eigenvalue weighted by Gasteiger charge is 2.28. The summed E-state index contributed by atoms with van der Waals surface area (Å²) in [5, 5.41) is 11.3. The maximum atomic E-state index is 11.9. The van der Waals surface area contributed by atoms with Gasteiger partial charge in [0.2, 0.25) is 11.8 Å². The number of nitrogens with zero attached hydrogens (tertiary/aromatic N) is 2. The SMILES string of the molecule is O=C1CCC(c2ccc(N3CCN(C(=O)O)CC3)cc2)C(=O)N1. The Labute approximate surface area is 133 Å². The normalized spacial score (nSPS) is 22.0. The summed E-state index contributed by atoms with van der Waals surface area (Å²) in [6.45, 7) is 2.29. The summed E-state index contributed by atoms with van der Waals surface area (Å²) in [6.07, 6.45) is 0.0363. The van der Waals surface area contributed by atoms with Crippen LogP contribution in [0, 0.1) is 0 Å². The van der Waals surface area contributed by atoms with Gasteiger partial charge in [-0.1, -0.05) is 12.1 Å². The second kappa shape index (κ2) is 6.28. The van der Waals surface area contributed by atoms with Crippen molar-refractivity contribution < 1.29 is 19.5 Å². The molecule has 0 aromatic heterocycles. The van der Waals surface area contributed by atoms with Crippen molar-refractivity contribution in [3.05, 3.63) is 29.8 Å². The molecular weight excluding hydrogens is 298 g/mol. The van der Waals surface area contributed by atoms with Crippen molar-refractivity contribution >= 4 is 23.6 Å². The van der Waals surface area contributed by atoms with Crippen LogP contribution in [-0.2, 0) is 9.59 Å². The lowest BCUT2D eigenvalue weighted by molar-refractivity contribution is -0.134. The molecule has 2 heterocycles. The summed E-state index contributed by atoms with van der Waals surface area (Å²) in [7, 11) is 0. The molecule has 2 N–H and O–H groups in total. The fourth-order valence-electron chi connectivity index (χ4n) is 3.08. The van der Waals surface area contributed by atoms with Crippen molar-refractivity contribution in [1.82, 2.24) is 10.2 Å². The lowest BCUT2D eigenvalue weighted by Crippen LogP contribution is -2.48. The van der Waals surface area contributed by atoms with Crippen LogP contribution in [0.25, 0.3) is 0 Å². The minimum atomic E-state index is -0.877. The number of imide groups is 1. The summed E-state index contributed by atoms with van der Waals surface area (Å²) in [5.41, 5.74) is 1.93. The Morgan fingerprint density at radius 1 is 1.09 bits per heavy atom. The zero-order valence-electron chi connectivity index (χ0n) is 12.7. The maximum Gasteiger partial charge on any atom is 0.407 e. The molecule has 122 valence electrons. The first-order chi connectivity index (χ1) is 11.0. The fourth-order valence-corrected chi connectivity index (χ4v) is 3.08. The number of carbonyl (C=O) groups excluding carboxylic acids is 2. The summed E-state index contributed by atoms with van der Waals surface area (Å²) in [5.74, 6) is -0.714. The van der Waals surface area contributed by atoms with E-state index in [-0.39, 0.29) is 17.7 Å². The van der Waals surface area contributed by atoms with Crippen molar-refractivity contribution in [3.63, 3.8) is 0 Å². The molecule has 2 saturated heterocycles. The van der Waals surface area contributed by atoms with Gasteiger partial charge < -0.3 is 14.9 Å². The highest BCUT2D eigenvalue weighted by Crippen LogP contribution is 2.27. The second-order valence-electron chi connectivity index (χ2n) is 5.85. The number of amides is 3. The van der Waals surface area contributed by atoms with E-state index in [0.717, 1.165) is 11.3 Å². The average molecular weight is 317 g/mol. The number of carbonyl (C=O) groups is 3. The molecule has 2 aliphatic heterocycles. The van der Waals surface area contributed by atoms with Crippen LogP contribution in [0.15, 0.2) is 24.3 Å². The third-order valence-electron chi connectivity index (χ3n) is 4.45. The molecule has 3 rings (SSSR count). The molecule has 7 nitrogen and oxygen atoms in total. The van der Waals surface area contributed by atoms with Crippen LogP contribution in [0.3, 0.4) is 0 Å². The minimum absolute atomic E-state index is 0.209. The third kappa shape index (κ3) is 3.28. The van der Waals surface area contributed by atoms with Gasteiger partial charge in [-0.05, 0) is 24.1 Å². The Bertz CT molecular complexity index is 621. The van der Waals surface area contributed by atoms with E-state index in [1.165, 1.54) is 4.90 Å². The largest absolute Gasteiger partial charge is 0.465 e. The Kier molecular flexibility index (Phi) is 4.18. The number of piperidine rings is 1. The number of nitrogens with one attached hydrogen (secondary N) is 1. The highest BCUT2D eigenvalue weighted by atomic mass is 16.4. The topological polar surface area (TPSA) is 90.0 Å². The number of piperazine rings is 1. The van der Waals surface area contributed by atoms with E-state index < -0.39 is 6.09 Å². The molecule has 3 amide bonds. The molecule has 1 unspecified atom stereocenters. The summed E-state index contributed by atoms with van der Waals surface area (Å²) < 4.78 is 0. The quantitative estimate of drug-likeness (QED) is 0.795. The third-order valence-corrected chi connectivity index (χ3v) is 4.45. The van der Waals surface area contributed by atoms with E-state index in [0.29, 0.717) is 39.0 Å². The van der Waals surface area contributed by atoms with Crippen LogP contribution in [0.1, 0.15) is 24.3 Å². The lowest BCUT2D eigenvalue weighted by Gasteiger charge is -2.34. The molecule has 0 aliphatic carbocycles. The molecule has 0 radical (unpaired) electrons. The van der Waals surface area contributed by atoms with Crippen LogP contribution in [-0.4, -0.2) is 54.1 Å². The van der Waals surface area contributed by atoms with Crippen LogP contribution >= 0.6 is 0 Å². The number of hydrogen-bond donors (Lipinski definition) is 2. The summed E-state index contributed by atoms with van der Waals surface area (Å²) in [4.78, 5) is 37.5. The highest BCUT2D eigenvalue weighted by molar-refractivity contribution is 6.00. The maximum absolute atomic E-state index is 11.9. The molecule has 1 atom stereocenters. The van der Waals surface area contributed by atoms with Gasteiger partial charge in [0.1, 0.15) is 0 Å². The molecule has 1 aromatic carbocycles. The van der Waals surface area contributed by atoms with Gasteiger partial charge in [0.15, 0.2) is 0 Å². The van der Waals surface area contributed by atoms with E-state index in [2.05, 4.69) is 10.2 Å². The number of anilines is 1. The molecule has 0 spiro atoms. The first-order valence-corrected chi connectivity index (χ1v) is 7.71. The van der Waals surface area contributed by atoms with E-state index in [1.807, 2.05) is 24.3 Å². The molecule has 2 fully saturated rings. The molecule has 2 aliphatic rings. The van der Waals surface area contributed by atoms with E-state index >= 15 is 0 Å². The van der Waals surface area contributed by atoms with Crippen LogP contribution < -0.4 is 10.2 Å². The van der Waals surface area contributed by atoms with Crippen molar-refractivity contribution in [3.8, 4) is 0 Å². The monoisotopic (exact) mass is 317 g/mol. The molecule has 0 saturated carbocycles. The van der Waals surface area contributed by atoms with E-state index in [4.69, 9.17) is 5.11 Å². The molecule has 23 heavy (non-hydrogen) atoms. The van der Waals surface area contributed by atoms with Gasteiger partial charge >= 0.3 is 6.09 Å². The summed E-state index contributed by atoms with van der Waals surface area (Å²) >= 11 is 0.